The van der Waals surface area contributed by atoms with E-state index in [2.05, 4.69) is 10.0 Å². The monoisotopic (exact) mass is 418 g/mol. The van der Waals surface area contributed by atoms with Gasteiger partial charge in [-0.15, -0.1) is 0 Å². The average molecular weight is 418 g/mol. The van der Waals surface area contributed by atoms with Crippen LogP contribution in [0.4, 0.5) is 5.69 Å². The Balaban J connectivity index is 1.69. The molecule has 0 unspecified atom stereocenters. The highest BCUT2D eigenvalue weighted by Crippen LogP contribution is 2.21. The largest absolute Gasteiger partial charge is 0.497 e. The van der Waals surface area contributed by atoms with Gasteiger partial charge in [0.2, 0.25) is 0 Å². The number of rotatable bonds is 8. The van der Waals surface area contributed by atoms with E-state index < -0.39 is 22.1 Å². The molecule has 1 amide bonds. The Labute approximate surface area is 169 Å². The van der Waals surface area contributed by atoms with E-state index in [1.165, 1.54) is 38.3 Å². The molecule has 1 fully saturated rings. The minimum absolute atomic E-state index is 0.0358. The first-order valence-corrected chi connectivity index (χ1v) is 10.5. The summed E-state index contributed by atoms with van der Waals surface area (Å²) in [5, 5.41) is 2.75. The lowest BCUT2D eigenvalue weighted by Gasteiger charge is -2.14. The molecule has 29 heavy (non-hydrogen) atoms. The van der Waals surface area contributed by atoms with E-state index in [0.29, 0.717) is 11.4 Å². The smallest absolute Gasteiger partial charge is 0.338 e. The van der Waals surface area contributed by atoms with Gasteiger partial charge in [-0.05, 0) is 62.2 Å². The van der Waals surface area contributed by atoms with Gasteiger partial charge in [0.25, 0.3) is 15.9 Å². The molecule has 0 aliphatic heterocycles. The van der Waals surface area contributed by atoms with Crippen LogP contribution in [-0.2, 0) is 19.6 Å². The fourth-order valence-electron chi connectivity index (χ4n) is 2.49. The van der Waals surface area contributed by atoms with Gasteiger partial charge in [-0.2, -0.15) is 0 Å². The molecule has 0 bridgehead atoms. The summed E-state index contributed by atoms with van der Waals surface area (Å²) in [6.45, 7) is 1.47. The van der Waals surface area contributed by atoms with Gasteiger partial charge < -0.3 is 14.8 Å². The molecule has 1 saturated carbocycles. The molecule has 154 valence electrons. The van der Waals surface area contributed by atoms with Crippen LogP contribution in [0.3, 0.4) is 0 Å². The van der Waals surface area contributed by atoms with Gasteiger partial charge in [-0.3, -0.25) is 9.52 Å². The Kier molecular flexibility index (Phi) is 6.07. The number of hydrogen-bond acceptors (Lipinski definition) is 6. The molecule has 8 nitrogen and oxygen atoms in total. The van der Waals surface area contributed by atoms with E-state index in [-0.39, 0.29) is 22.4 Å². The van der Waals surface area contributed by atoms with Gasteiger partial charge in [0.1, 0.15) is 5.75 Å². The summed E-state index contributed by atoms with van der Waals surface area (Å²) in [5.74, 6) is -0.548. The minimum atomic E-state index is -3.92. The quantitative estimate of drug-likeness (QED) is 0.637. The lowest BCUT2D eigenvalue weighted by atomic mass is 10.2. The Bertz CT molecular complexity index is 1000. The van der Waals surface area contributed by atoms with Crippen molar-refractivity contribution < 1.29 is 27.5 Å². The second-order valence-electron chi connectivity index (χ2n) is 6.69. The first-order valence-electron chi connectivity index (χ1n) is 9.07. The molecule has 1 atom stereocenters. The number of sulfonamides is 1. The summed E-state index contributed by atoms with van der Waals surface area (Å²) in [6.07, 6.45) is 0.877. The molecular formula is C20H22N2O6S. The molecule has 2 aromatic carbocycles. The maximum absolute atomic E-state index is 12.6. The van der Waals surface area contributed by atoms with Gasteiger partial charge in [0.15, 0.2) is 6.10 Å². The Hall–Kier alpha value is -3.07. The molecular weight excluding hydrogens is 396 g/mol. The summed E-state index contributed by atoms with van der Waals surface area (Å²) in [4.78, 5) is 24.2. The third kappa shape index (κ3) is 5.47. The molecule has 3 rings (SSSR count). The first kappa shape index (κ1) is 20.7. The van der Waals surface area contributed by atoms with Crippen molar-refractivity contribution in [3.63, 3.8) is 0 Å². The van der Waals surface area contributed by atoms with Crippen molar-refractivity contribution in [3.8, 4) is 5.75 Å². The maximum Gasteiger partial charge on any atom is 0.338 e. The van der Waals surface area contributed by atoms with Crippen LogP contribution in [0.1, 0.15) is 30.1 Å². The molecule has 1 aliphatic rings. The number of benzene rings is 2. The van der Waals surface area contributed by atoms with E-state index in [4.69, 9.17) is 9.47 Å². The van der Waals surface area contributed by atoms with Crippen LogP contribution in [0.25, 0.3) is 0 Å². The van der Waals surface area contributed by atoms with Gasteiger partial charge in [0.05, 0.1) is 17.6 Å². The number of carbonyl (C=O) groups excluding carboxylic acids is 2. The molecule has 0 spiro atoms. The number of nitrogens with one attached hydrogen (secondary N) is 2. The van der Waals surface area contributed by atoms with Gasteiger partial charge in [-0.1, -0.05) is 6.07 Å². The number of esters is 1. The van der Waals surface area contributed by atoms with E-state index in [1.54, 1.807) is 24.3 Å². The SMILES string of the molecule is COc1ccc(NS(=O)(=O)c2cccc(C(=O)O[C@H](C)C(=O)NC3CC3)c2)cc1. The fourth-order valence-corrected chi connectivity index (χ4v) is 3.60. The normalized spacial score (nSPS) is 14.6. The van der Waals surface area contributed by atoms with Gasteiger partial charge in [-0.25, -0.2) is 13.2 Å². The van der Waals surface area contributed by atoms with Crippen molar-refractivity contribution in [2.75, 3.05) is 11.8 Å². The van der Waals surface area contributed by atoms with Gasteiger partial charge in [0, 0.05) is 11.7 Å². The highest BCUT2D eigenvalue weighted by Gasteiger charge is 2.27. The van der Waals surface area contributed by atoms with Crippen molar-refractivity contribution in [3.05, 3.63) is 54.1 Å². The Morgan fingerprint density at radius 2 is 1.79 bits per heavy atom. The molecule has 0 heterocycles. The van der Waals surface area contributed by atoms with Crippen LogP contribution in [-0.4, -0.2) is 39.5 Å². The number of amides is 1. The lowest BCUT2D eigenvalue weighted by Crippen LogP contribution is -2.37. The first-order chi connectivity index (χ1) is 13.8. The third-order valence-electron chi connectivity index (χ3n) is 4.30. The highest BCUT2D eigenvalue weighted by molar-refractivity contribution is 7.92. The van der Waals surface area contributed by atoms with Crippen LogP contribution in [0.15, 0.2) is 53.4 Å². The molecule has 2 aromatic rings. The predicted molar refractivity (Wildman–Crippen MR) is 106 cm³/mol. The number of carbonyl (C=O) groups is 2. The zero-order valence-corrected chi connectivity index (χ0v) is 16.9. The summed E-state index contributed by atoms with van der Waals surface area (Å²) >= 11 is 0. The van der Waals surface area contributed by atoms with Crippen LogP contribution in [0, 0.1) is 0 Å². The summed E-state index contributed by atoms with van der Waals surface area (Å²) < 4.78 is 37.9. The number of methoxy groups -OCH3 is 1. The van der Waals surface area contributed by atoms with Crippen LogP contribution >= 0.6 is 0 Å². The van der Waals surface area contributed by atoms with Crippen molar-refractivity contribution in [2.24, 2.45) is 0 Å². The van der Waals surface area contributed by atoms with Gasteiger partial charge >= 0.3 is 5.97 Å². The highest BCUT2D eigenvalue weighted by atomic mass is 32.2. The maximum atomic E-state index is 12.6. The van der Waals surface area contributed by atoms with E-state index in [9.17, 15) is 18.0 Å². The third-order valence-corrected chi connectivity index (χ3v) is 5.68. The fraction of sp³-hybridized carbons (Fsp3) is 0.300. The Morgan fingerprint density at radius 3 is 2.41 bits per heavy atom. The zero-order valence-electron chi connectivity index (χ0n) is 16.0. The molecule has 0 radical (unpaired) electrons. The van der Waals surface area contributed by atoms with Crippen molar-refractivity contribution in [1.29, 1.82) is 0 Å². The summed E-state index contributed by atoms with van der Waals surface area (Å²) in [6, 6.07) is 12.0. The standard InChI is InChI=1S/C20H22N2O6S/c1-13(19(23)21-15-6-7-15)28-20(24)14-4-3-5-18(12-14)29(25,26)22-16-8-10-17(27-2)11-9-16/h3-5,8-13,15,22H,6-7H2,1-2H3,(H,21,23)/t13-/m1/s1. The molecule has 2 N–H and O–H groups in total. The topological polar surface area (TPSA) is 111 Å². The van der Waals surface area contributed by atoms with E-state index in [1.807, 2.05) is 0 Å². The molecule has 0 aromatic heterocycles. The molecule has 9 heteroatoms. The van der Waals surface area contributed by atoms with Crippen LogP contribution < -0.4 is 14.8 Å². The van der Waals surface area contributed by atoms with E-state index in [0.717, 1.165) is 12.8 Å². The van der Waals surface area contributed by atoms with Crippen LogP contribution in [0.2, 0.25) is 0 Å². The van der Waals surface area contributed by atoms with E-state index >= 15 is 0 Å². The van der Waals surface area contributed by atoms with Crippen molar-refractivity contribution >= 4 is 27.6 Å². The number of ether oxygens (including phenoxy) is 2. The second kappa shape index (κ2) is 8.52. The second-order valence-corrected chi connectivity index (χ2v) is 8.37. The lowest BCUT2D eigenvalue weighted by molar-refractivity contribution is -0.129. The number of anilines is 1. The zero-order chi connectivity index (χ0) is 21.0. The van der Waals surface area contributed by atoms with Crippen LogP contribution in [0.5, 0.6) is 5.75 Å². The average Bonchev–Trinajstić information content (AvgIpc) is 3.52. The Morgan fingerprint density at radius 1 is 1.10 bits per heavy atom. The van der Waals surface area contributed by atoms with Crippen molar-refractivity contribution in [2.45, 2.75) is 36.8 Å². The predicted octanol–water partition coefficient (Wildman–Crippen LogP) is 2.32. The molecule has 1 aliphatic carbocycles. The minimum Gasteiger partial charge on any atom is -0.497 e. The number of hydrogen-bond donors (Lipinski definition) is 2. The molecule has 0 saturated heterocycles. The summed E-state index contributed by atoms with van der Waals surface area (Å²) in [5.41, 5.74) is 0.387. The van der Waals surface area contributed by atoms with Crippen molar-refractivity contribution in [1.82, 2.24) is 5.32 Å². The summed E-state index contributed by atoms with van der Waals surface area (Å²) in [7, 11) is -2.41.